The van der Waals surface area contributed by atoms with Crippen molar-refractivity contribution in [3.05, 3.63) is 12.2 Å². The van der Waals surface area contributed by atoms with Crippen LogP contribution < -0.4 is 5.11 Å². The van der Waals surface area contributed by atoms with Crippen LogP contribution in [0.2, 0.25) is 0 Å². The number of carbonyl (C=O) groups excluding carboxylic acids is 2. The van der Waals surface area contributed by atoms with Crippen molar-refractivity contribution in [2.75, 3.05) is 27.7 Å². The molecule has 0 aromatic rings. The normalized spacial score (nSPS) is 12.9. The lowest BCUT2D eigenvalue weighted by Crippen LogP contribution is -2.45. The van der Waals surface area contributed by atoms with Crippen LogP contribution in [0.1, 0.15) is 103 Å². The van der Waals surface area contributed by atoms with Crippen molar-refractivity contribution in [2.45, 2.75) is 109 Å². The first-order valence-electron chi connectivity index (χ1n) is 12.1. The van der Waals surface area contributed by atoms with E-state index in [1.165, 1.54) is 57.8 Å². The highest BCUT2D eigenvalue weighted by molar-refractivity contribution is 5.70. The van der Waals surface area contributed by atoms with Crippen LogP contribution in [0.4, 0.5) is 0 Å². The summed E-state index contributed by atoms with van der Waals surface area (Å²) in [7, 11) is 5.83. The van der Waals surface area contributed by atoms with Crippen molar-refractivity contribution < 1.29 is 23.9 Å². The Hall–Kier alpha value is -1.36. The summed E-state index contributed by atoms with van der Waals surface area (Å²) in [6, 6.07) is 0. The van der Waals surface area contributed by atoms with Gasteiger partial charge >= 0.3 is 5.97 Å². The number of carboxylic acids is 1. The molecule has 0 bridgehead atoms. The lowest BCUT2D eigenvalue weighted by Gasteiger charge is -2.29. The number of likely N-dealkylation sites (N-methyl/N-ethyl adjacent to an activating group) is 1. The van der Waals surface area contributed by atoms with Gasteiger partial charge < -0.3 is 19.1 Å². The molecule has 0 spiro atoms. The van der Waals surface area contributed by atoms with Crippen LogP contribution in [-0.2, 0) is 14.3 Å². The minimum absolute atomic E-state index is 0.242. The molecular weight excluding hydrogens is 378 g/mol. The number of ether oxygens (including phenoxy) is 1. The number of rotatable bonds is 20. The Bertz CT molecular complexity index is 468. The molecule has 176 valence electrons. The average Bonchev–Trinajstić information content (AvgIpc) is 2.63. The zero-order valence-corrected chi connectivity index (χ0v) is 20.1. The Labute approximate surface area is 185 Å². The largest absolute Gasteiger partial charge is 0.550 e. The van der Waals surface area contributed by atoms with E-state index in [9.17, 15) is 14.7 Å². The average molecular weight is 426 g/mol. The summed E-state index contributed by atoms with van der Waals surface area (Å²) in [6.45, 7) is 2.72. The van der Waals surface area contributed by atoms with Gasteiger partial charge in [0.2, 0.25) is 0 Å². The van der Waals surface area contributed by atoms with Gasteiger partial charge in [-0.15, -0.1) is 0 Å². The third-order valence-electron chi connectivity index (χ3n) is 5.09. The van der Waals surface area contributed by atoms with Crippen molar-refractivity contribution in [2.24, 2.45) is 0 Å². The quantitative estimate of drug-likeness (QED) is 0.122. The predicted molar refractivity (Wildman–Crippen MR) is 122 cm³/mol. The number of carboxylic acid groups (broad SMARTS) is 1. The molecule has 5 heteroatoms. The summed E-state index contributed by atoms with van der Waals surface area (Å²) in [5.74, 6) is -1.48. The first-order valence-corrected chi connectivity index (χ1v) is 12.1. The molecule has 0 rings (SSSR count). The number of hydrogen-bond acceptors (Lipinski definition) is 4. The number of carbonyl (C=O) groups is 2. The van der Waals surface area contributed by atoms with E-state index in [0.29, 0.717) is 17.4 Å². The summed E-state index contributed by atoms with van der Waals surface area (Å²) in [5, 5.41) is 10.9. The van der Waals surface area contributed by atoms with Gasteiger partial charge in [-0.25, -0.2) is 0 Å². The number of quaternary nitrogens is 1. The second-order valence-electron chi connectivity index (χ2n) is 9.50. The van der Waals surface area contributed by atoms with Crippen LogP contribution in [0.3, 0.4) is 0 Å². The zero-order valence-electron chi connectivity index (χ0n) is 20.1. The zero-order chi connectivity index (χ0) is 22.7. The topological polar surface area (TPSA) is 66.4 Å². The maximum absolute atomic E-state index is 12.0. The third-order valence-corrected chi connectivity index (χ3v) is 5.09. The molecule has 0 aromatic carbocycles. The van der Waals surface area contributed by atoms with Crippen molar-refractivity contribution in [3.8, 4) is 0 Å². The van der Waals surface area contributed by atoms with Gasteiger partial charge in [0.05, 0.1) is 21.1 Å². The van der Waals surface area contributed by atoms with Crippen molar-refractivity contribution in [1.82, 2.24) is 0 Å². The Morgan fingerprint density at radius 3 is 1.83 bits per heavy atom. The number of esters is 1. The Balaban J connectivity index is 3.65. The molecule has 0 aromatic heterocycles. The van der Waals surface area contributed by atoms with Crippen LogP contribution in [0, 0.1) is 0 Å². The molecule has 30 heavy (non-hydrogen) atoms. The van der Waals surface area contributed by atoms with Gasteiger partial charge in [0, 0.05) is 18.8 Å². The molecule has 0 heterocycles. The predicted octanol–water partition coefficient (Wildman–Crippen LogP) is 4.78. The summed E-state index contributed by atoms with van der Waals surface area (Å²) < 4.78 is 5.91. The van der Waals surface area contributed by atoms with Crippen molar-refractivity contribution in [1.29, 1.82) is 0 Å². The molecule has 0 saturated heterocycles. The van der Waals surface area contributed by atoms with Gasteiger partial charge in [0.1, 0.15) is 6.54 Å². The molecule has 0 fully saturated rings. The summed E-state index contributed by atoms with van der Waals surface area (Å²) >= 11 is 0. The van der Waals surface area contributed by atoms with Gasteiger partial charge in [-0.1, -0.05) is 70.4 Å². The molecule has 1 unspecified atom stereocenters. The summed E-state index contributed by atoms with van der Waals surface area (Å²) in [5.41, 5.74) is 0. The molecule has 5 nitrogen and oxygen atoms in total. The van der Waals surface area contributed by atoms with Gasteiger partial charge in [-0.2, -0.15) is 0 Å². The highest BCUT2D eigenvalue weighted by Crippen LogP contribution is 2.12. The van der Waals surface area contributed by atoms with E-state index >= 15 is 0 Å². The van der Waals surface area contributed by atoms with Gasteiger partial charge in [0.15, 0.2) is 6.10 Å². The fourth-order valence-corrected chi connectivity index (χ4v) is 3.53. The fourth-order valence-electron chi connectivity index (χ4n) is 3.53. The van der Waals surface area contributed by atoms with Crippen LogP contribution >= 0.6 is 0 Å². The maximum Gasteiger partial charge on any atom is 0.306 e. The second kappa shape index (κ2) is 18.4. The number of unbranched alkanes of at least 4 members (excludes halogenated alkanes) is 11. The molecule has 0 radical (unpaired) electrons. The van der Waals surface area contributed by atoms with Crippen LogP contribution in [0.25, 0.3) is 0 Å². The number of aliphatic carboxylic acids is 1. The number of allylic oxidation sites excluding steroid dienone is 2. The maximum atomic E-state index is 12.0. The minimum Gasteiger partial charge on any atom is -0.550 e. The van der Waals surface area contributed by atoms with Crippen molar-refractivity contribution in [3.63, 3.8) is 0 Å². The monoisotopic (exact) mass is 425 g/mol. The van der Waals surface area contributed by atoms with Gasteiger partial charge in [-0.3, -0.25) is 4.79 Å². The molecular formula is C25H47NO4. The molecule has 0 N–H and O–H groups in total. The van der Waals surface area contributed by atoms with E-state index in [2.05, 4.69) is 19.1 Å². The SMILES string of the molecule is CCCCCCCC/C=C/CCCCCCCC(=O)OC(CC(=O)[O-])C[N+](C)(C)C. The second-order valence-corrected chi connectivity index (χ2v) is 9.50. The van der Waals surface area contributed by atoms with E-state index in [1.54, 1.807) is 0 Å². The van der Waals surface area contributed by atoms with Gasteiger partial charge in [-0.05, 0) is 32.1 Å². The number of hydrogen-bond donors (Lipinski definition) is 0. The first-order chi connectivity index (χ1) is 14.2. The van der Waals surface area contributed by atoms with E-state index in [0.717, 1.165) is 25.7 Å². The van der Waals surface area contributed by atoms with Gasteiger partial charge in [0.25, 0.3) is 0 Å². The van der Waals surface area contributed by atoms with Crippen molar-refractivity contribution >= 4 is 11.9 Å². The standard InChI is InChI=1S/C25H47NO4/c1-5-6-7-8-9-10-11-12-13-14-15-16-17-18-19-20-25(29)30-23(21-24(27)28)22-26(2,3)4/h12-13,23H,5-11,14-22H2,1-4H3/b13-12+. The smallest absolute Gasteiger partial charge is 0.306 e. The molecule has 0 saturated carbocycles. The fraction of sp³-hybridized carbons (Fsp3) is 0.840. The highest BCUT2D eigenvalue weighted by atomic mass is 16.5. The van der Waals surface area contributed by atoms with E-state index < -0.39 is 12.1 Å². The lowest BCUT2D eigenvalue weighted by atomic mass is 10.1. The molecule has 0 aliphatic carbocycles. The van der Waals surface area contributed by atoms with E-state index in [1.807, 2.05) is 21.1 Å². The highest BCUT2D eigenvalue weighted by Gasteiger charge is 2.22. The Morgan fingerprint density at radius 2 is 1.33 bits per heavy atom. The summed E-state index contributed by atoms with van der Waals surface area (Å²) in [6.07, 6.45) is 19.9. The third kappa shape index (κ3) is 21.4. The minimum atomic E-state index is -1.18. The lowest BCUT2D eigenvalue weighted by molar-refractivity contribution is -0.873. The van der Waals surface area contributed by atoms with Crippen LogP contribution in [0.15, 0.2) is 12.2 Å². The van der Waals surface area contributed by atoms with E-state index in [-0.39, 0.29) is 12.4 Å². The van der Waals surface area contributed by atoms with E-state index in [4.69, 9.17) is 4.74 Å². The molecule has 0 aliphatic rings. The molecule has 0 aliphatic heterocycles. The first kappa shape index (κ1) is 28.6. The molecule has 0 amide bonds. The van der Waals surface area contributed by atoms with Crippen LogP contribution in [0.5, 0.6) is 0 Å². The number of nitrogens with zero attached hydrogens (tertiary/aromatic N) is 1. The molecule has 1 atom stereocenters. The van der Waals surface area contributed by atoms with Crippen LogP contribution in [-0.4, -0.2) is 50.2 Å². The Morgan fingerprint density at radius 1 is 0.833 bits per heavy atom. The summed E-state index contributed by atoms with van der Waals surface area (Å²) in [4.78, 5) is 22.9. The Kier molecular flexibility index (Phi) is 17.6.